The van der Waals surface area contributed by atoms with Gasteiger partial charge in [0.15, 0.2) is 6.10 Å². The van der Waals surface area contributed by atoms with Crippen LogP contribution in [0.1, 0.15) is 142 Å². The maximum atomic E-state index is 12.6. The summed E-state index contributed by atoms with van der Waals surface area (Å²) in [4.78, 5) is 35.1. The Bertz CT molecular complexity index is 859. The summed E-state index contributed by atoms with van der Waals surface area (Å²) in [5, 5.41) is 49.7. The molecule has 0 amide bonds. The summed E-state index contributed by atoms with van der Waals surface area (Å²) >= 11 is 0. The van der Waals surface area contributed by atoms with Gasteiger partial charge < -0.3 is 39.9 Å². The van der Waals surface area contributed by atoms with Crippen LogP contribution in [0.25, 0.3) is 0 Å². The quantitative estimate of drug-likeness (QED) is 0.0375. The van der Waals surface area contributed by atoms with Crippen molar-refractivity contribution < 1.29 is 63.1 Å². The SMILES string of the molecule is CCCCCCCCCCCCCCCC(=O)OC(COC(=O)CCCCCCC)COP(=O)(O)OC1C(O)C(O)C(O)C(O)C1O. The molecule has 0 aromatic heterocycles. The number of aliphatic hydroxyl groups is 5. The van der Waals surface area contributed by atoms with Crippen molar-refractivity contribution in [2.24, 2.45) is 0 Å². The lowest BCUT2D eigenvalue weighted by Gasteiger charge is -2.41. The highest BCUT2D eigenvalue weighted by molar-refractivity contribution is 7.47. The minimum atomic E-state index is -5.09. The molecule has 0 bridgehead atoms. The van der Waals surface area contributed by atoms with Crippen molar-refractivity contribution in [2.75, 3.05) is 13.2 Å². The number of esters is 2. The van der Waals surface area contributed by atoms with Gasteiger partial charge >= 0.3 is 19.8 Å². The Morgan fingerprint density at radius 3 is 1.40 bits per heavy atom. The largest absolute Gasteiger partial charge is 0.472 e. The molecule has 0 aromatic carbocycles. The molecule has 6 N–H and O–H groups in total. The van der Waals surface area contributed by atoms with Gasteiger partial charge in [0.1, 0.15) is 43.2 Å². The number of phosphoric acid groups is 1. The van der Waals surface area contributed by atoms with E-state index in [9.17, 15) is 44.6 Å². The lowest BCUT2D eigenvalue weighted by atomic mass is 9.85. The maximum absolute atomic E-state index is 12.6. The number of unbranched alkanes of at least 4 members (excludes halogenated alkanes) is 16. The molecular weight excluding hydrogens is 635 g/mol. The monoisotopic (exact) mass is 698 g/mol. The van der Waals surface area contributed by atoms with E-state index < -0.39 is 75.7 Å². The fourth-order valence-corrected chi connectivity index (χ4v) is 6.43. The fraction of sp³-hybridized carbons (Fsp3) is 0.939. The molecular formula is C33H63O13P. The van der Waals surface area contributed by atoms with Crippen molar-refractivity contribution in [3.05, 3.63) is 0 Å². The minimum Gasteiger partial charge on any atom is -0.462 e. The molecule has 0 heterocycles. The number of rotatable bonds is 28. The van der Waals surface area contributed by atoms with E-state index in [1.807, 2.05) is 0 Å². The second kappa shape index (κ2) is 25.8. The number of phosphoric ester groups is 1. The molecule has 0 saturated heterocycles. The molecule has 278 valence electrons. The Kier molecular flexibility index (Phi) is 24.1. The molecule has 14 heteroatoms. The van der Waals surface area contributed by atoms with Gasteiger partial charge in [-0.15, -0.1) is 0 Å². The zero-order valence-corrected chi connectivity index (χ0v) is 29.5. The Morgan fingerprint density at radius 1 is 0.574 bits per heavy atom. The first-order chi connectivity index (χ1) is 22.4. The van der Waals surface area contributed by atoms with E-state index in [0.29, 0.717) is 12.8 Å². The molecule has 0 aliphatic heterocycles. The summed E-state index contributed by atoms with van der Waals surface area (Å²) in [6, 6.07) is 0. The molecule has 1 aliphatic carbocycles. The molecule has 1 rings (SSSR count). The van der Waals surface area contributed by atoms with Crippen molar-refractivity contribution in [1.29, 1.82) is 0 Å². The van der Waals surface area contributed by atoms with Crippen molar-refractivity contribution in [3.8, 4) is 0 Å². The van der Waals surface area contributed by atoms with Crippen LogP contribution in [0.2, 0.25) is 0 Å². The topological polar surface area (TPSA) is 210 Å². The zero-order valence-electron chi connectivity index (χ0n) is 28.6. The lowest BCUT2D eigenvalue weighted by Crippen LogP contribution is -2.64. The molecule has 1 fully saturated rings. The zero-order chi connectivity index (χ0) is 35.1. The number of carbonyl (C=O) groups is 2. The van der Waals surface area contributed by atoms with Crippen LogP contribution in [0.4, 0.5) is 0 Å². The van der Waals surface area contributed by atoms with Crippen LogP contribution in [-0.2, 0) is 32.7 Å². The smallest absolute Gasteiger partial charge is 0.462 e. The van der Waals surface area contributed by atoms with Crippen molar-refractivity contribution in [2.45, 2.75) is 185 Å². The van der Waals surface area contributed by atoms with Gasteiger partial charge in [0, 0.05) is 12.8 Å². The van der Waals surface area contributed by atoms with E-state index >= 15 is 0 Å². The first-order valence-electron chi connectivity index (χ1n) is 17.8. The Morgan fingerprint density at radius 2 is 0.957 bits per heavy atom. The van der Waals surface area contributed by atoms with E-state index in [2.05, 4.69) is 13.8 Å². The average molecular weight is 699 g/mol. The van der Waals surface area contributed by atoms with Gasteiger partial charge in [0.05, 0.1) is 6.61 Å². The molecule has 13 nitrogen and oxygen atoms in total. The third kappa shape index (κ3) is 19.6. The highest BCUT2D eigenvalue weighted by Crippen LogP contribution is 2.47. The summed E-state index contributed by atoms with van der Waals surface area (Å²) in [7, 11) is -5.09. The summed E-state index contributed by atoms with van der Waals surface area (Å²) in [5.41, 5.74) is 0. The van der Waals surface area contributed by atoms with Gasteiger partial charge in [-0.25, -0.2) is 4.57 Å². The molecule has 47 heavy (non-hydrogen) atoms. The summed E-state index contributed by atoms with van der Waals surface area (Å²) < 4.78 is 33.1. The number of hydrogen-bond acceptors (Lipinski definition) is 12. The van der Waals surface area contributed by atoms with Gasteiger partial charge in [-0.2, -0.15) is 0 Å². The number of hydrogen-bond donors (Lipinski definition) is 6. The van der Waals surface area contributed by atoms with Gasteiger partial charge in [-0.3, -0.25) is 18.6 Å². The standard InChI is InChI=1S/C33H63O13P/c1-3-5-7-9-10-11-12-13-14-15-16-18-20-22-27(35)45-25(23-43-26(34)21-19-17-8-6-4-2)24-44-47(41,42)46-33-31(39)29(37)28(36)30(38)32(33)40/h25,28-33,36-40H,3-24H2,1-2H3,(H,41,42). The third-order valence-corrected chi connectivity index (χ3v) is 9.43. The van der Waals surface area contributed by atoms with Crippen molar-refractivity contribution in [1.82, 2.24) is 0 Å². The highest BCUT2D eigenvalue weighted by atomic mass is 31.2. The average Bonchev–Trinajstić information content (AvgIpc) is 3.04. The third-order valence-electron chi connectivity index (χ3n) is 8.45. The van der Waals surface area contributed by atoms with Crippen LogP contribution in [-0.4, -0.2) is 98.3 Å². The predicted octanol–water partition coefficient (Wildman–Crippen LogP) is 4.60. The lowest BCUT2D eigenvalue weighted by molar-refractivity contribution is -0.220. The Balaban J connectivity index is 2.53. The summed E-state index contributed by atoms with van der Waals surface area (Å²) in [5.74, 6) is -1.11. The minimum absolute atomic E-state index is 0.103. The maximum Gasteiger partial charge on any atom is 0.472 e. The van der Waals surface area contributed by atoms with Crippen LogP contribution in [0.5, 0.6) is 0 Å². The molecule has 0 aromatic rings. The van der Waals surface area contributed by atoms with E-state index in [-0.39, 0.29) is 12.8 Å². The fourth-order valence-electron chi connectivity index (χ4n) is 5.46. The van der Waals surface area contributed by atoms with E-state index in [0.717, 1.165) is 44.9 Å². The highest BCUT2D eigenvalue weighted by Gasteiger charge is 2.51. The van der Waals surface area contributed by atoms with Crippen LogP contribution < -0.4 is 0 Å². The molecule has 6 atom stereocenters. The normalized spacial score (nSPS) is 24.9. The number of carbonyl (C=O) groups excluding carboxylic acids is 2. The number of aliphatic hydroxyl groups excluding tert-OH is 5. The Hall–Kier alpha value is -1.15. The predicted molar refractivity (Wildman–Crippen MR) is 175 cm³/mol. The summed E-state index contributed by atoms with van der Waals surface area (Å²) in [6.07, 6.45) is 6.74. The Labute approximate surface area is 281 Å². The van der Waals surface area contributed by atoms with E-state index in [1.54, 1.807) is 0 Å². The van der Waals surface area contributed by atoms with Crippen LogP contribution >= 0.6 is 7.82 Å². The molecule has 6 unspecified atom stereocenters. The van der Waals surface area contributed by atoms with Gasteiger partial charge in [0.25, 0.3) is 0 Å². The first-order valence-corrected chi connectivity index (χ1v) is 19.3. The van der Waals surface area contributed by atoms with Crippen LogP contribution in [0, 0.1) is 0 Å². The van der Waals surface area contributed by atoms with E-state index in [1.165, 1.54) is 57.8 Å². The number of ether oxygens (including phenoxy) is 2. The van der Waals surface area contributed by atoms with Gasteiger partial charge in [-0.1, -0.05) is 117 Å². The molecule has 1 saturated carbocycles. The molecule has 1 aliphatic rings. The van der Waals surface area contributed by atoms with Gasteiger partial charge in [0.2, 0.25) is 0 Å². The van der Waals surface area contributed by atoms with Crippen LogP contribution in [0.3, 0.4) is 0 Å². The van der Waals surface area contributed by atoms with Crippen molar-refractivity contribution >= 4 is 19.8 Å². The second-order valence-electron chi connectivity index (χ2n) is 12.7. The molecule has 0 spiro atoms. The van der Waals surface area contributed by atoms with Gasteiger partial charge in [-0.05, 0) is 12.8 Å². The molecule has 0 radical (unpaired) electrons. The summed E-state index contributed by atoms with van der Waals surface area (Å²) in [6.45, 7) is 3.14. The first kappa shape index (κ1) is 43.9. The van der Waals surface area contributed by atoms with E-state index in [4.69, 9.17) is 18.5 Å². The van der Waals surface area contributed by atoms with Crippen molar-refractivity contribution in [3.63, 3.8) is 0 Å². The van der Waals surface area contributed by atoms with Crippen LogP contribution in [0.15, 0.2) is 0 Å². The second-order valence-corrected chi connectivity index (χ2v) is 14.1.